The van der Waals surface area contributed by atoms with E-state index in [4.69, 9.17) is 22.6 Å². The fourth-order valence-electron chi connectivity index (χ4n) is 0.761. The van der Waals surface area contributed by atoms with Crippen LogP contribution >= 0.6 is 22.9 Å². The van der Waals surface area contributed by atoms with Gasteiger partial charge in [0.05, 0.1) is 23.6 Å². The molecular formula is C7H7ClN2S. The molecule has 0 aliphatic carbocycles. The molecule has 0 amide bonds. The third-order valence-corrected chi connectivity index (χ3v) is 2.78. The van der Waals surface area contributed by atoms with Crippen LogP contribution in [-0.2, 0) is 0 Å². The summed E-state index contributed by atoms with van der Waals surface area (Å²) in [5.74, 6) is 0. The zero-order valence-corrected chi connectivity index (χ0v) is 7.32. The number of nitrogens with zero attached hydrogens (tertiary/aromatic N) is 1. The van der Waals surface area contributed by atoms with Crippen LogP contribution in [0, 0.1) is 11.3 Å². The van der Waals surface area contributed by atoms with Crippen molar-refractivity contribution in [2.45, 2.75) is 12.5 Å². The monoisotopic (exact) mass is 186 g/mol. The van der Waals surface area contributed by atoms with Gasteiger partial charge in [-0.05, 0) is 11.4 Å². The average Bonchev–Trinajstić information content (AvgIpc) is 2.36. The summed E-state index contributed by atoms with van der Waals surface area (Å²) in [5.41, 5.74) is 5.65. The van der Waals surface area contributed by atoms with Crippen molar-refractivity contribution in [3.05, 3.63) is 21.3 Å². The molecule has 0 unspecified atom stereocenters. The van der Waals surface area contributed by atoms with Gasteiger partial charge in [0.25, 0.3) is 0 Å². The maximum atomic E-state index is 8.36. The Morgan fingerprint density at radius 3 is 3.00 bits per heavy atom. The van der Waals surface area contributed by atoms with E-state index in [0.29, 0.717) is 11.4 Å². The normalized spacial score (nSPS) is 12.5. The van der Waals surface area contributed by atoms with Gasteiger partial charge in [-0.1, -0.05) is 11.6 Å². The van der Waals surface area contributed by atoms with Crippen molar-refractivity contribution in [1.82, 2.24) is 0 Å². The molecule has 0 aliphatic rings. The molecule has 1 heterocycles. The average molecular weight is 187 g/mol. The zero-order chi connectivity index (χ0) is 8.27. The zero-order valence-electron chi connectivity index (χ0n) is 5.75. The minimum absolute atomic E-state index is 0.229. The van der Waals surface area contributed by atoms with Crippen LogP contribution in [0.2, 0.25) is 5.02 Å². The molecule has 1 aromatic rings. The van der Waals surface area contributed by atoms with Crippen LogP contribution in [-0.4, -0.2) is 0 Å². The third-order valence-electron chi connectivity index (χ3n) is 1.29. The molecular weight excluding hydrogens is 180 g/mol. The Hall–Kier alpha value is -0.560. The lowest BCUT2D eigenvalue weighted by atomic mass is 10.2. The predicted molar refractivity (Wildman–Crippen MR) is 46.5 cm³/mol. The SMILES string of the molecule is N#CC[C@H](N)c1sccc1Cl. The summed E-state index contributed by atoms with van der Waals surface area (Å²) in [6.07, 6.45) is 0.320. The molecule has 0 bridgehead atoms. The summed E-state index contributed by atoms with van der Waals surface area (Å²) < 4.78 is 0. The maximum Gasteiger partial charge on any atom is 0.0642 e. The molecule has 0 aromatic carbocycles. The van der Waals surface area contributed by atoms with E-state index in [1.165, 1.54) is 11.3 Å². The Kier molecular flexibility index (Phi) is 2.89. The maximum absolute atomic E-state index is 8.36. The molecule has 11 heavy (non-hydrogen) atoms. The van der Waals surface area contributed by atoms with E-state index >= 15 is 0 Å². The van der Waals surface area contributed by atoms with Crippen molar-refractivity contribution in [3.63, 3.8) is 0 Å². The molecule has 0 saturated heterocycles. The van der Waals surface area contributed by atoms with Crippen LogP contribution < -0.4 is 5.73 Å². The number of thiophene rings is 1. The van der Waals surface area contributed by atoms with Crippen molar-refractivity contribution in [3.8, 4) is 6.07 Å². The number of nitriles is 1. The number of halogens is 1. The first-order valence-corrected chi connectivity index (χ1v) is 4.37. The van der Waals surface area contributed by atoms with Crippen molar-refractivity contribution in [1.29, 1.82) is 5.26 Å². The third kappa shape index (κ3) is 1.93. The van der Waals surface area contributed by atoms with E-state index in [0.717, 1.165) is 4.88 Å². The Morgan fingerprint density at radius 1 is 1.82 bits per heavy atom. The number of hydrogen-bond acceptors (Lipinski definition) is 3. The Labute approximate surface area is 74.2 Å². The van der Waals surface area contributed by atoms with E-state index in [9.17, 15) is 0 Å². The summed E-state index contributed by atoms with van der Waals surface area (Å²) in [4.78, 5) is 0.896. The van der Waals surface area contributed by atoms with Crippen molar-refractivity contribution >= 4 is 22.9 Å². The lowest BCUT2D eigenvalue weighted by Gasteiger charge is -2.03. The van der Waals surface area contributed by atoms with Crippen molar-refractivity contribution < 1.29 is 0 Å². The van der Waals surface area contributed by atoms with Crippen LogP contribution in [0.3, 0.4) is 0 Å². The van der Waals surface area contributed by atoms with Gasteiger partial charge in [-0.3, -0.25) is 0 Å². The van der Waals surface area contributed by atoms with Gasteiger partial charge in [0.2, 0.25) is 0 Å². The lowest BCUT2D eigenvalue weighted by Crippen LogP contribution is -2.07. The molecule has 2 N–H and O–H groups in total. The smallest absolute Gasteiger partial charge is 0.0642 e. The summed E-state index contributed by atoms with van der Waals surface area (Å²) in [7, 11) is 0. The lowest BCUT2D eigenvalue weighted by molar-refractivity contribution is 0.765. The van der Waals surface area contributed by atoms with Gasteiger partial charge in [0.1, 0.15) is 0 Å². The molecule has 0 saturated carbocycles. The highest BCUT2D eigenvalue weighted by Gasteiger charge is 2.10. The Morgan fingerprint density at radius 2 is 2.55 bits per heavy atom. The molecule has 1 aromatic heterocycles. The molecule has 58 valence electrons. The van der Waals surface area contributed by atoms with Gasteiger partial charge >= 0.3 is 0 Å². The minimum atomic E-state index is -0.229. The first-order valence-electron chi connectivity index (χ1n) is 3.11. The first kappa shape index (κ1) is 8.54. The molecule has 0 spiro atoms. The predicted octanol–water partition coefficient (Wildman–Crippen LogP) is 2.31. The van der Waals surface area contributed by atoms with Crippen LogP contribution in [0.1, 0.15) is 17.3 Å². The quantitative estimate of drug-likeness (QED) is 0.771. The number of nitrogens with two attached hydrogens (primary N) is 1. The standard InChI is InChI=1S/C7H7ClN2S/c8-5-2-4-11-7(5)6(10)1-3-9/h2,4,6H,1,10H2/t6-/m0/s1. The Bertz CT molecular complexity index is 276. The molecule has 0 radical (unpaired) electrons. The largest absolute Gasteiger partial charge is 0.322 e. The van der Waals surface area contributed by atoms with Gasteiger partial charge in [0, 0.05) is 4.88 Å². The molecule has 1 atom stereocenters. The second kappa shape index (κ2) is 3.72. The van der Waals surface area contributed by atoms with Crippen LogP contribution in [0.25, 0.3) is 0 Å². The second-order valence-electron chi connectivity index (χ2n) is 2.10. The fraction of sp³-hybridized carbons (Fsp3) is 0.286. The summed E-state index contributed by atoms with van der Waals surface area (Å²) in [5, 5.41) is 10.9. The van der Waals surface area contributed by atoms with Gasteiger partial charge in [-0.25, -0.2) is 0 Å². The van der Waals surface area contributed by atoms with E-state index < -0.39 is 0 Å². The first-order chi connectivity index (χ1) is 5.25. The van der Waals surface area contributed by atoms with E-state index in [-0.39, 0.29) is 6.04 Å². The fourth-order valence-corrected chi connectivity index (χ4v) is 1.96. The summed E-state index contributed by atoms with van der Waals surface area (Å²) in [6, 6.07) is 3.57. The van der Waals surface area contributed by atoms with Crippen LogP contribution in [0.4, 0.5) is 0 Å². The van der Waals surface area contributed by atoms with E-state index in [2.05, 4.69) is 0 Å². The van der Waals surface area contributed by atoms with Gasteiger partial charge < -0.3 is 5.73 Å². The van der Waals surface area contributed by atoms with E-state index in [1.54, 1.807) is 6.07 Å². The molecule has 1 rings (SSSR count). The topological polar surface area (TPSA) is 49.8 Å². The molecule has 0 aliphatic heterocycles. The van der Waals surface area contributed by atoms with Gasteiger partial charge in [-0.15, -0.1) is 11.3 Å². The second-order valence-corrected chi connectivity index (χ2v) is 3.46. The van der Waals surface area contributed by atoms with E-state index in [1.807, 2.05) is 11.4 Å². The highest BCUT2D eigenvalue weighted by molar-refractivity contribution is 7.10. The highest BCUT2D eigenvalue weighted by Crippen LogP contribution is 2.28. The molecule has 4 heteroatoms. The van der Waals surface area contributed by atoms with Crippen LogP contribution in [0.15, 0.2) is 11.4 Å². The summed E-state index contributed by atoms with van der Waals surface area (Å²) >= 11 is 7.28. The summed E-state index contributed by atoms with van der Waals surface area (Å²) in [6.45, 7) is 0. The molecule has 0 fully saturated rings. The number of rotatable bonds is 2. The highest BCUT2D eigenvalue weighted by atomic mass is 35.5. The Balaban J connectivity index is 2.77. The number of hydrogen-bond donors (Lipinski definition) is 1. The van der Waals surface area contributed by atoms with Gasteiger partial charge in [-0.2, -0.15) is 5.26 Å². The van der Waals surface area contributed by atoms with Crippen molar-refractivity contribution in [2.24, 2.45) is 5.73 Å². The molecule has 2 nitrogen and oxygen atoms in total. The van der Waals surface area contributed by atoms with Crippen LogP contribution in [0.5, 0.6) is 0 Å². The van der Waals surface area contributed by atoms with Crippen molar-refractivity contribution in [2.75, 3.05) is 0 Å². The minimum Gasteiger partial charge on any atom is -0.322 e. The van der Waals surface area contributed by atoms with Gasteiger partial charge in [0.15, 0.2) is 0 Å².